The molecular formula is C25H21FN6O2. The summed E-state index contributed by atoms with van der Waals surface area (Å²) in [6.45, 7) is 5.70. The van der Waals surface area contributed by atoms with Gasteiger partial charge in [0.2, 0.25) is 5.91 Å². The van der Waals surface area contributed by atoms with Gasteiger partial charge in [-0.1, -0.05) is 18.2 Å². The van der Waals surface area contributed by atoms with Gasteiger partial charge < -0.3 is 11.5 Å². The van der Waals surface area contributed by atoms with Gasteiger partial charge in [-0.05, 0) is 50.1 Å². The summed E-state index contributed by atoms with van der Waals surface area (Å²) >= 11 is 0. The molecule has 0 aliphatic heterocycles. The summed E-state index contributed by atoms with van der Waals surface area (Å²) in [5.74, 6) is -2.48. The molecule has 34 heavy (non-hydrogen) atoms. The molecule has 2 heterocycles. The molecule has 4 aromatic rings. The van der Waals surface area contributed by atoms with E-state index in [1.54, 1.807) is 24.6 Å². The van der Waals surface area contributed by atoms with Gasteiger partial charge in [0.15, 0.2) is 0 Å². The largest absolute Gasteiger partial charge is 0.366 e. The van der Waals surface area contributed by atoms with Crippen LogP contribution in [0.25, 0.3) is 22.0 Å². The molecular weight excluding hydrogens is 435 g/mol. The first-order valence-electron chi connectivity index (χ1n) is 10.4. The zero-order valence-corrected chi connectivity index (χ0v) is 18.8. The highest BCUT2D eigenvalue weighted by Gasteiger charge is 2.28. The van der Waals surface area contributed by atoms with Crippen molar-refractivity contribution < 1.29 is 14.0 Å². The maximum Gasteiger partial charge on any atom is 0.267 e. The zero-order chi connectivity index (χ0) is 24.7. The van der Waals surface area contributed by atoms with E-state index in [1.165, 1.54) is 18.2 Å². The summed E-state index contributed by atoms with van der Waals surface area (Å²) in [5, 5.41) is 13.7. The predicted octanol–water partition coefficient (Wildman–Crippen LogP) is 3.28. The highest BCUT2D eigenvalue weighted by molar-refractivity contribution is 6.15. The average molecular weight is 456 g/mol. The smallest absolute Gasteiger partial charge is 0.267 e. The van der Waals surface area contributed by atoms with Crippen LogP contribution in [-0.2, 0) is 6.54 Å². The van der Waals surface area contributed by atoms with Crippen LogP contribution in [0.15, 0.2) is 36.4 Å². The quantitative estimate of drug-likeness (QED) is 0.474. The van der Waals surface area contributed by atoms with Gasteiger partial charge in [0.1, 0.15) is 11.5 Å². The summed E-state index contributed by atoms with van der Waals surface area (Å²) < 4.78 is 16.5. The normalized spacial score (nSPS) is 10.9. The molecule has 0 atom stereocenters. The Morgan fingerprint density at radius 2 is 1.82 bits per heavy atom. The summed E-state index contributed by atoms with van der Waals surface area (Å²) in [7, 11) is 0. The first-order chi connectivity index (χ1) is 16.1. The van der Waals surface area contributed by atoms with Crippen LogP contribution in [0, 0.1) is 37.9 Å². The minimum Gasteiger partial charge on any atom is -0.366 e. The fraction of sp³-hybridized carbons (Fsp3) is 0.160. The predicted molar refractivity (Wildman–Crippen MR) is 124 cm³/mol. The molecule has 0 fully saturated rings. The Morgan fingerprint density at radius 1 is 1.09 bits per heavy atom. The number of primary amides is 2. The van der Waals surface area contributed by atoms with Crippen LogP contribution in [0.4, 0.5) is 4.39 Å². The van der Waals surface area contributed by atoms with Gasteiger partial charge in [-0.25, -0.2) is 9.37 Å². The third-order valence-corrected chi connectivity index (χ3v) is 5.82. The molecule has 0 radical (unpaired) electrons. The molecule has 8 nitrogen and oxygen atoms in total. The molecule has 0 spiro atoms. The third kappa shape index (κ3) is 3.65. The van der Waals surface area contributed by atoms with E-state index in [2.05, 4.69) is 16.2 Å². The van der Waals surface area contributed by atoms with Crippen LogP contribution < -0.4 is 11.5 Å². The van der Waals surface area contributed by atoms with Gasteiger partial charge in [0, 0.05) is 22.2 Å². The van der Waals surface area contributed by atoms with Gasteiger partial charge in [-0.15, -0.1) is 0 Å². The van der Waals surface area contributed by atoms with E-state index in [4.69, 9.17) is 16.7 Å². The van der Waals surface area contributed by atoms with Crippen molar-refractivity contribution in [3.8, 4) is 17.2 Å². The Kier molecular flexibility index (Phi) is 5.59. The lowest BCUT2D eigenvalue weighted by molar-refractivity contribution is 0.0996. The number of nitrogens with two attached hydrogens (primary N) is 2. The topological polar surface area (TPSA) is 141 Å². The number of fused-ring (bicyclic) bond motifs is 1. The number of carbonyl (C=O) groups excluding carboxylic acids is 2. The van der Waals surface area contributed by atoms with Crippen LogP contribution in [0.5, 0.6) is 0 Å². The lowest BCUT2D eigenvalue weighted by Crippen LogP contribution is -2.21. The molecule has 2 aromatic carbocycles. The van der Waals surface area contributed by atoms with Crippen molar-refractivity contribution in [2.45, 2.75) is 27.3 Å². The van der Waals surface area contributed by atoms with Crippen LogP contribution in [-0.4, -0.2) is 26.6 Å². The first kappa shape index (κ1) is 22.6. The molecule has 0 saturated heterocycles. The van der Waals surface area contributed by atoms with Crippen molar-refractivity contribution in [1.82, 2.24) is 14.8 Å². The Labute approximate surface area is 194 Å². The highest BCUT2D eigenvalue weighted by Crippen LogP contribution is 2.37. The van der Waals surface area contributed by atoms with Gasteiger partial charge in [0.25, 0.3) is 5.91 Å². The molecule has 2 aromatic heterocycles. The molecule has 9 heteroatoms. The number of benzene rings is 2. The number of aromatic nitrogens is 3. The van der Waals surface area contributed by atoms with Crippen LogP contribution >= 0.6 is 0 Å². The Bertz CT molecular complexity index is 1550. The lowest BCUT2D eigenvalue weighted by atomic mass is 9.92. The number of amides is 2. The van der Waals surface area contributed by atoms with Crippen molar-refractivity contribution >= 4 is 22.7 Å². The van der Waals surface area contributed by atoms with E-state index in [0.29, 0.717) is 29.1 Å². The molecule has 0 aliphatic carbocycles. The molecule has 170 valence electrons. The SMILES string of the molecule is Cc1cc(Cn2nc(C)c(-c3c(C(N)=O)nc4cccc(F)c4c3C(N)=O)c2C)ccc1C#N. The summed E-state index contributed by atoms with van der Waals surface area (Å²) in [6, 6.07) is 11.7. The number of pyridine rings is 1. The Morgan fingerprint density at radius 3 is 2.44 bits per heavy atom. The van der Waals surface area contributed by atoms with Crippen molar-refractivity contribution in [2.24, 2.45) is 11.5 Å². The number of rotatable bonds is 5. The monoisotopic (exact) mass is 456 g/mol. The number of nitrogens with zero attached hydrogens (tertiary/aromatic N) is 4. The fourth-order valence-electron chi connectivity index (χ4n) is 4.28. The van der Waals surface area contributed by atoms with Crippen LogP contribution in [0.2, 0.25) is 0 Å². The minimum absolute atomic E-state index is 0.0647. The molecule has 0 bridgehead atoms. The van der Waals surface area contributed by atoms with Gasteiger partial charge in [-0.2, -0.15) is 10.4 Å². The van der Waals surface area contributed by atoms with E-state index >= 15 is 0 Å². The maximum atomic E-state index is 14.8. The van der Waals surface area contributed by atoms with Crippen molar-refractivity contribution in [2.75, 3.05) is 0 Å². The Balaban J connectivity index is 1.98. The lowest BCUT2D eigenvalue weighted by Gasteiger charge is -2.15. The van der Waals surface area contributed by atoms with E-state index in [9.17, 15) is 14.0 Å². The number of hydrogen-bond donors (Lipinski definition) is 2. The van der Waals surface area contributed by atoms with E-state index in [1.807, 2.05) is 19.1 Å². The summed E-state index contributed by atoms with van der Waals surface area (Å²) in [5.41, 5.74) is 15.0. The zero-order valence-electron chi connectivity index (χ0n) is 18.8. The van der Waals surface area contributed by atoms with E-state index < -0.39 is 17.6 Å². The van der Waals surface area contributed by atoms with E-state index in [0.717, 1.165) is 11.1 Å². The number of nitriles is 1. The summed E-state index contributed by atoms with van der Waals surface area (Å²) in [6.07, 6.45) is 0. The van der Waals surface area contributed by atoms with E-state index in [-0.39, 0.29) is 27.7 Å². The van der Waals surface area contributed by atoms with Crippen LogP contribution in [0.3, 0.4) is 0 Å². The highest BCUT2D eigenvalue weighted by atomic mass is 19.1. The fourth-order valence-corrected chi connectivity index (χ4v) is 4.28. The second-order valence-electron chi connectivity index (χ2n) is 8.04. The molecule has 0 unspecified atom stereocenters. The van der Waals surface area contributed by atoms with Gasteiger partial charge in [-0.3, -0.25) is 14.3 Å². The molecule has 4 rings (SSSR count). The molecule has 0 aliphatic rings. The molecule has 4 N–H and O–H groups in total. The van der Waals surface area contributed by atoms with Crippen molar-refractivity contribution in [1.29, 1.82) is 5.26 Å². The maximum absolute atomic E-state index is 14.8. The van der Waals surface area contributed by atoms with Gasteiger partial charge in [0.05, 0.1) is 35.0 Å². The minimum atomic E-state index is -0.913. The number of carbonyl (C=O) groups is 2. The second kappa shape index (κ2) is 8.41. The van der Waals surface area contributed by atoms with Crippen molar-refractivity contribution in [3.05, 3.63) is 81.6 Å². The molecule has 2 amide bonds. The van der Waals surface area contributed by atoms with Crippen molar-refractivity contribution in [3.63, 3.8) is 0 Å². The Hall–Kier alpha value is -4.58. The summed E-state index contributed by atoms with van der Waals surface area (Å²) in [4.78, 5) is 29.2. The molecule has 0 saturated carbocycles. The van der Waals surface area contributed by atoms with Crippen LogP contribution in [0.1, 0.15) is 48.9 Å². The third-order valence-electron chi connectivity index (χ3n) is 5.82. The number of aryl methyl sites for hydroxylation is 2. The standard InChI is InChI=1S/C25H21FN6O2/c1-12-9-15(7-8-16(12)10-27)11-32-14(3)19(13(2)31-32)21-22(24(28)33)20-17(26)5-4-6-18(20)30-23(21)25(29)34/h4-9H,11H2,1-3H3,(H2,28,33)(H2,29,34). The second-order valence-corrected chi connectivity index (χ2v) is 8.04. The first-order valence-corrected chi connectivity index (χ1v) is 10.4. The number of halogens is 1. The number of hydrogen-bond acceptors (Lipinski definition) is 5. The average Bonchev–Trinajstić information content (AvgIpc) is 3.05. The van der Waals surface area contributed by atoms with Gasteiger partial charge >= 0.3 is 0 Å².